The predicted octanol–water partition coefficient (Wildman–Crippen LogP) is 2.21. The summed E-state index contributed by atoms with van der Waals surface area (Å²) in [6.07, 6.45) is 7.86. The maximum atomic E-state index is 12.4. The van der Waals surface area contributed by atoms with Crippen molar-refractivity contribution >= 4 is 11.9 Å². The molecule has 0 aromatic carbocycles. The number of likely N-dealkylation sites (tertiary alicyclic amines) is 1. The molecular formula is C18H29NO5. The third kappa shape index (κ3) is 4.09. The lowest BCUT2D eigenvalue weighted by Gasteiger charge is -2.40. The molecular weight excluding hydrogens is 310 g/mol. The molecule has 0 aromatic rings. The van der Waals surface area contributed by atoms with Crippen LogP contribution in [0, 0.1) is 5.41 Å². The van der Waals surface area contributed by atoms with Gasteiger partial charge in [0.2, 0.25) is 5.91 Å². The van der Waals surface area contributed by atoms with Crippen LogP contribution in [-0.2, 0) is 19.1 Å². The molecule has 1 amide bonds. The van der Waals surface area contributed by atoms with E-state index in [2.05, 4.69) is 0 Å². The Labute approximate surface area is 143 Å². The van der Waals surface area contributed by atoms with Crippen molar-refractivity contribution in [1.29, 1.82) is 0 Å². The van der Waals surface area contributed by atoms with E-state index < -0.39 is 11.4 Å². The summed E-state index contributed by atoms with van der Waals surface area (Å²) in [5, 5.41) is 9.36. The minimum Gasteiger partial charge on any atom is -0.481 e. The fourth-order valence-electron chi connectivity index (χ4n) is 3.93. The molecule has 0 spiro atoms. The molecule has 6 nitrogen and oxygen atoms in total. The first-order valence-corrected chi connectivity index (χ1v) is 9.33. The summed E-state index contributed by atoms with van der Waals surface area (Å²) in [7, 11) is 0. The van der Waals surface area contributed by atoms with Gasteiger partial charge in [-0.15, -0.1) is 0 Å². The molecule has 3 aliphatic rings. The zero-order valence-electron chi connectivity index (χ0n) is 14.4. The number of hydrogen-bond donors (Lipinski definition) is 1. The minimum absolute atomic E-state index is 0.00818. The van der Waals surface area contributed by atoms with Crippen LogP contribution in [-0.4, -0.2) is 60.4 Å². The number of piperidine rings is 1. The lowest BCUT2D eigenvalue weighted by molar-refractivity contribution is -0.160. The molecule has 1 atom stereocenters. The van der Waals surface area contributed by atoms with E-state index in [0.29, 0.717) is 32.5 Å². The van der Waals surface area contributed by atoms with Crippen LogP contribution >= 0.6 is 0 Å². The summed E-state index contributed by atoms with van der Waals surface area (Å²) >= 11 is 0. The van der Waals surface area contributed by atoms with Crippen molar-refractivity contribution in [3.63, 3.8) is 0 Å². The van der Waals surface area contributed by atoms with E-state index in [-0.39, 0.29) is 24.5 Å². The van der Waals surface area contributed by atoms with Gasteiger partial charge in [0.05, 0.1) is 24.2 Å². The number of hydrogen-bond acceptors (Lipinski definition) is 4. The molecule has 0 bridgehead atoms. The van der Waals surface area contributed by atoms with Gasteiger partial charge < -0.3 is 19.5 Å². The van der Waals surface area contributed by atoms with E-state index in [1.54, 1.807) is 0 Å². The first-order valence-electron chi connectivity index (χ1n) is 9.33. The smallest absolute Gasteiger partial charge is 0.310 e. The number of rotatable bonds is 6. The van der Waals surface area contributed by atoms with Crippen LogP contribution in [0.4, 0.5) is 0 Å². The van der Waals surface area contributed by atoms with E-state index in [4.69, 9.17) is 9.47 Å². The molecule has 136 valence electrons. The minimum atomic E-state index is -0.812. The zero-order valence-corrected chi connectivity index (χ0v) is 14.4. The molecule has 3 rings (SSSR count). The predicted molar refractivity (Wildman–Crippen MR) is 87.7 cm³/mol. The van der Waals surface area contributed by atoms with Gasteiger partial charge in [-0.3, -0.25) is 9.59 Å². The second-order valence-electron chi connectivity index (χ2n) is 7.52. The van der Waals surface area contributed by atoms with Crippen molar-refractivity contribution in [3.05, 3.63) is 0 Å². The first-order chi connectivity index (χ1) is 11.6. The standard InChI is InChI=1S/C18H29NO5/c20-16(12-18(17(21)22)7-3-8-18)19-9-5-14(6-10-19)24-13-15-4-1-2-11-23-15/h14-15H,1-13H2,(H,21,22). The Morgan fingerprint density at radius 3 is 2.42 bits per heavy atom. The van der Waals surface area contributed by atoms with Crippen LogP contribution in [0.25, 0.3) is 0 Å². The SMILES string of the molecule is O=C(CC1(C(=O)O)CCC1)N1CCC(OCC2CCCCO2)CC1. The molecule has 0 radical (unpaired) electrons. The summed E-state index contributed by atoms with van der Waals surface area (Å²) in [6.45, 7) is 2.84. The molecule has 0 aromatic heterocycles. The van der Waals surface area contributed by atoms with Crippen LogP contribution in [0.15, 0.2) is 0 Å². The molecule has 6 heteroatoms. The third-order valence-corrected chi connectivity index (χ3v) is 5.84. The Balaban J connectivity index is 1.38. The largest absolute Gasteiger partial charge is 0.481 e. The highest BCUT2D eigenvalue weighted by Gasteiger charge is 2.46. The summed E-state index contributed by atoms with van der Waals surface area (Å²) in [5.74, 6) is -0.820. The maximum absolute atomic E-state index is 12.4. The third-order valence-electron chi connectivity index (χ3n) is 5.84. The number of carboxylic acids is 1. The number of ether oxygens (including phenoxy) is 2. The molecule has 2 heterocycles. The second kappa shape index (κ2) is 7.83. The van der Waals surface area contributed by atoms with Gasteiger partial charge in [-0.25, -0.2) is 0 Å². The first kappa shape index (κ1) is 17.7. The number of carbonyl (C=O) groups excluding carboxylic acids is 1. The molecule has 2 saturated heterocycles. The zero-order chi connectivity index (χ0) is 17.0. The summed E-state index contributed by atoms with van der Waals surface area (Å²) < 4.78 is 11.6. The van der Waals surface area contributed by atoms with Gasteiger partial charge in [-0.05, 0) is 44.9 Å². The van der Waals surface area contributed by atoms with Crippen molar-refractivity contribution in [2.45, 2.75) is 70.0 Å². The average molecular weight is 339 g/mol. The van der Waals surface area contributed by atoms with Crippen LogP contribution in [0.2, 0.25) is 0 Å². The van der Waals surface area contributed by atoms with Gasteiger partial charge >= 0.3 is 5.97 Å². The van der Waals surface area contributed by atoms with E-state index in [0.717, 1.165) is 38.7 Å². The van der Waals surface area contributed by atoms with Crippen molar-refractivity contribution in [1.82, 2.24) is 4.90 Å². The fraction of sp³-hybridized carbons (Fsp3) is 0.889. The highest BCUT2D eigenvalue weighted by molar-refractivity contribution is 5.85. The molecule has 1 unspecified atom stereocenters. The number of amides is 1. The Bertz CT molecular complexity index is 448. The lowest BCUT2D eigenvalue weighted by atomic mass is 9.66. The topological polar surface area (TPSA) is 76.1 Å². The maximum Gasteiger partial charge on any atom is 0.310 e. The summed E-state index contributed by atoms with van der Waals surface area (Å²) in [4.78, 5) is 25.7. The van der Waals surface area contributed by atoms with Crippen LogP contribution in [0.5, 0.6) is 0 Å². The molecule has 1 N–H and O–H groups in total. The van der Waals surface area contributed by atoms with Crippen molar-refractivity contribution in [3.8, 4) is 0 Å². The molecule has 1 saturated carbocycles. The van der Waals surface area contributed by atoms with Crippen molar-refractivity contribution in [2.24, 2.45) is 5.41 Å². The molecule has 2 aliphatic heterocycles. The fourth-order valence-corrected chi connectivity index (χ4v) is 3.93. The van der Waals surface area contributed by atoms with Gasteiger partial charge in [0.1, 0.15) is 0 Å². The van der Waals surface area contributed by atoms with Crippen molar-refractivity contribution < 1.29 is 24.2 Å². The van der Waals surface area contributed by atoms with Crippen LogP contribution in [0.3, 0.4) is 0 Å². The van der Waals surface area contributed by atoms with Gasteiger partial charge in [0.15, 0.2) is 0 Å². The number of carbonyl (C=O) groups is 2. The van der Waals surface area contributed by atoms with Crippen LogP contribution in [0.1, 0.15) is 57.8 Å². The number of aliphatic carboxylic acids is 1. The average Bonchev–Trinajstić information content (AvgIpc) is 2.57. The van der Waals surface area contributed by atoms with Gasteiger partial charge in [-0.1, -0.05) is 6.42 Å². The van der Waals surface area contributed by atoms with Gasteiger partial charge in [0, 0.05) is 26.1 Å². The summed E-state index contributed by atoms with van der Waals surface area (Å²) in [5.41, 5.74) is -0.789. The van der Waals surface area contributed by atoms with E-state index in [1.165, 1.54) is 6.42 Å². The normalized spacial score (nSPS) is 27.5. The summed E-state index contributed by atoms with van der Waals surface area (Å²) in [6, 6.07) is 0. The monoisotopic (exact) mass is 339 g/mol. The van der Waals surface area contributed by atoms with Crippen molar-refractivity contribution in [2.75, 3.05) is 26.3 Å². The Morgan fingerprint density at radius 2 is 1.88 bits per heavy atom. The van der Waals surface area contributed by atoms with E-state index in [1.807, 2.05) is 4.90 Å². The highest BCUT2D eigenvalue weighted by Crippen LogP contribution is 2.44. The Morgan fingerprint density at radius 1 is 1.12 bits per heavy atom. The number of nitrogens with zero attached hydrogens (tertiary/aromatic N) is 1. The Kier molecular flexibility index (Phi) is 5.76. The lowest BCUT2D eigenvalue weighted by Crippen LogP contribution is -2.47. The Hall–Kier alpha value is -1.14. The molecule has 1 aliphatic carbocycles. The number of carboxylic acid groups (broad SMARTS) is 1. The molecule has 24 heavy (non-hydrogen) atoms. The van der Waals surface area contributed by atoms with E-state index in [9.17, 15) is 14.7 Å². The highest BCUT2D eigenvalue weighted by atomic mass is 16.5. The van der Waals surface area contributed by atoms with Gasteiger partial charge in [0.25, 0.3) is 0 Å². The van der Waals surface area contributed by atoms with Gasteiger partial charge in [-0.2, -0.15) is 0 Å². The second-order valence-corrected chi connectivity index (χ2v) is 7.52. The molecule has 3 fully saturated rings. The van der Waals surface area contributed by atoms with Crippen LogP contribution < -0.4 is 0 Å². The van der Waals surface area contributed by atoms with E-state index >= 15 is 0 Å². The quantitative estimate of drug-likeness (QED) is 0.803.